The largest absolute Gasteiger partial charge is 0.491 e. The van der Waals surface area contributed by atoms with E-state index in [4.69, 9.17) is 4.74 Å². The highest BCUT2D eigenvalue weighted by Crippen LogP contribution is 2.23. The predicted octanol–water partition coefficient (Wildman–Crippen LogP) is 2.49. The molecule has 6 nitrogen and oxygen atoms in total. The number of halogens is 2. The summed E-state index contributed by atoms with van der Waals surface area (Å²) in [5, 5.41) is 5.51. The van der Waals surface area contributed by atoms with Crippen LogP contribution >= 0.6 is 0 Å². The number of ether oxygens (including phenoxy) is 2. The Bertz CT molecular complexity index is 743. The first-order valence-corrected chi connectivity index (χ1v) is 7.75. The maximum Gasteiger partial charge on any atom is 0.388 e. The van der Waals surface area contributed by atoms with Crippen LogP contribution in [0.15, 0.2) is 42.6 Å². The topological polar surface area (TPSA) is 72.5 Å². The fourth-order valence-corrected chi connectivity index (χ4v) is 2.56. The predicted molar refractivity (Wildman–Crippen MR) is 85.7 cm³/mol. The number of rotatable bonds is 5. The second-order valence-corrected chi connectivity index (χ2v) is 5.53. The normalized spacial score (nSPS) is 15.9. The van der Waals surface area contributed by atoms with Gasteiger partial charge in [0.2, 0.25) is 5.88 Å². The van der Waals surface area contributed by atoms with Crippen LogP contribution in [0.1, 0.15) is 11.1 Å². The maximum absolute atomic E-state index is 12.2. The summed E-state index contributed by atoms with van der Waals surface area (Å²) in [6.07, 6.45) is 2.03. The van der Waals surface area contributed by atoms with Gasteiger partial charge in [-0.3, -0.25) is 0 Å². The third-order valence-corrected chi connectivity index (χ3v) is 3.68. The summed E-state index contributed by atoms with van der Waals surface area (Å²) in [4.78, 5) is 15.7. The lowest BCUT2D eigenvalue weighted by atomic mass is 10.0. The van der Waals surface area contributed by atoms with E-state index in [0.717, 1.165) is 11.3 Å². The minimum Gasteiger partial charge on any atom is -0.491 e. The number of pyridine rings is 1. The number of alkyl halides is 2. The van der Waals surface area contributed by atoms with Crippen LogP contribution in [-0.4, -0.2) is 30.3 Å². The lowest BCUT2D eigenvalue weighted by Crippen LogP contribution is -2.47. The number of hydrogen-bond acceptors (Lipinski definition) is 4. The van der Waals surface area contributed by atoms with Gasteiger partial charge in [0.15, 0.2) is 0 Å². The van der Waals surface area contributed by atoms with Crippen molar-refractivity contribution in [2.75, 3.05) is 6.61 Å². The zero-order valence-corrected chi connectivity index (χ0v) is 13.2. The van der Waals surface area contributed by atoms with Crippen molar-refractivity contribution in [2.24, 2.45) is 0 Å². The van der Waals surface area contributed by atoms with E-state index in [2.05, 4.69) is 20.4 Å². The number of fused-ring (bicyclic) bond motifs is 1. The molecule has 0 spiro atoms. The molecule has 132 valence electrons. The van der Waals surface area contributed by atoms with Gasteiger partial charge in [0, 0.05) is 18.8 Å². The molecule has 3 rings (SSSR count). The fraction of sp³-hybridized carbons (Fsp3) is 0.294. The molecule has 0 fully saturated rings. The average Bonchev–Trinajstić information content (AvgIpc) is 2.60. The standard InChI is InChI=1S/C17H17F2N3O3/c18-16(19)25-15-7-11(5-6-20-15)9-21-17(23)22-13-8-12-3-1-2-4-14(12)24-10-13/h1-7,13,16H,8-10H2,(H2,21,22,23). The Balaban J connectivity index is 1.49. The zero-order chi connectivity index (χ0) is 17.6. The van der Waals surface area contributed by atoms with Gasteiger partial charge in [0.25, 0.3) is 0 Å². The number of amides is 2. The fourth-order valence-electron chi connectivity index (χ4n) is 2.56. The third kappa shape index (κ3) is 4.79. The van der Waals surface area contributed by atoms with Crippen molar-refractivity contribution in [3.8, 4) is 11.6 Å². The van der Waals surface area contributed by atoms with Gasteiger partial charge in [0.05, 0.1) is 6.04 Å². The van der Waals surface area contributed by atoms with Crippen LogP contribution in [0.25, 0.3) is 0 Å². The molecule has 0 aliphatic carbocycles. The molecule has 1 aromatic carbocycles. The first-order valence-electron chi connectivity index (χ1n) is 7.75. The van der Waals surface area contributed by atoms with Crippen molar-refractivity contribution in [2.45, 2.75) is 25.6 Å². The van der Waals surface area contributed by atoms with E-state index in [9.17, 15) is 13.6 Å². The van der Waals surface area contributed by atoms with E-state index in [1.54, 1.807) is 6.07 Å². The summed E-state index contributed by atoms with van der Waals surface area (Å²) < 4.78 is 34.2. The molecule has 0 saturated heterocycles. The van der Waals surface area contributed by atoms with Gasteiger partial charge in [-0.2, -0.15) is 8.78 Å². The highest BCUT2D eigenvalue weighted by molar-refractivity contribution is 5.74. The molecule has 1 aliphatic heterocycles. The second kappa shape index (κ2) is 7.78. The number of nitrogens with one attached hydrogen (secondary N) is 2. The van der Waals surface area contributed by atoms with Gasteiger partial charge < -0.3 is 20.1 Å². The lowest BCUT2D eigenvalue weighted by molar-refractivity contribution is -0.0529. The zero-order valence-electron chi connectivity index (χ0n) is 13.2. The molecular formula is C17H17F2N3O3. The van der Waals surface area contributed by atoms with Crippen LogP contribution in [0.2, 0.25) is 0 Å². The van der Waals surface area contributed by atoms with Crippen LogP contribution in [0.4, 0.5) is 13.6 Å². The SMILES string of the molecule is O=C(NCc1ccnc(OC(F)F)c1)NC1COc2ccccc2C1. The number of carbonyl (C=O) groups excluding carboxylic acids is 1. The van der Waals surface area contributed by atoms with E-state index in [1.807, 2.05) is 24.3 Å². The summed E-state index contributed by atoms with van der Waals surface area (Å²) in [5.74, 6) is 0.649. The minimum atomic E-state index is -2.94. The summed E-state index contributed by atoms with van der Waals surface area (Å²) in [7, 11) is 0. The molecule has 0 saturated carbocycles. The molecule has 2 amide bonds. The highest BCUT2D eigenvalue weighted by Gasteiger charge is 2.20. The smallest absolute Gasteiger partial charge is 0.388 e. The Hall–Kier alpha value is -2.90. The molecule has 1 unspecified atom stereocenters. The highest BCUT2D eigenvalue weighted by atomic mass is 19.3. The number of aromatic nitrogens is 1. The van der Waals surface area contributed by atoms with Gasteiger partial charge in [-0.1, -0.05) is 18.2 Å². The Morgan fingerprint density at radius 2 is 2.20 bits per heavy atom. The van der Waals surface area contributed by atoms with Crippen LogP contribution in [0.5, 0.6) is 11.6 Å². The van der Waals surface area contributed by atoms with E-state index in [0.29, 0.717) is 18.6 Å². The molecule has 2 heterocycles. The van der Waals surface area contributed by atoms with Gasteiger partial charge in [0.1, 0.15) is 12.4 Å². The van der Waals surface area contributed by atoms with E-state index in [-0.39, 0.29) is 24.5 Å². The van der Waals surface area contributed by atoms with Crippen LogP contribution < -0.4 is 20.1 Å². The molecule has 0 radical (unpaired) electrons. The summed E-state index contributed by atoms with van der Waals surface area (Å²) in [6, 6.07) is 10.2. The Labute approximate surface area is 143 Å². The monoisotopic (exact) mass is 349 g/mol. The molecule has 2 aromatic rings. The number of para-hydroxylation sites is 1. The van der Waals surface area contributed by atoms with Crippen LogP contribution in [0, 0.1) is 0 Å². The van der Waals surface area contributed by atoms with E-state index < -0.39 is 6.61 Å². The molecule has 1 aromatic heterocycles. The first kappa shape index (κ1) is 16.9. The molecule has 2 N–H and O–H groups in total. The number of nitrogens with zero attached hydrogens (tertiary/aromatic N) is 1. The summed E-state index contributed by atoms with van der Waals surface area (Å²) in [5.41, 5.74) is 1.65. The van der Waals surface area contributed by atoms with Crippen molar-refractivity contribution in [3.05, 3.63) is 53.7 Å². The van der Waals surface area contributed by atoms with Gasteiger partial charge >= 0.3 is 12.6 Å². The maximum atomic E-state index is 12.2. The van der Waals surface area contributed by atoms with E-state index in [1.165, 1.54) is 12.3 Å². The van der Waals surface area contributed by atoms with Crippen LogP contribution in [0.3, 0.4) is 0 Å². The van der Waals surface area contributed by atoms with Crippen molar-refractivity contribution in [3.63, 3.8) is 0 Å². The van der Waals surface area contributed by atoms with Gasteiger partial charge in [-0.05, 0) is 29.7 Å². The number of urea groups is 1. The van der Waals surface area contributed by atoms with Crippen molar-refractivity contribution in [1.29, 1.82) is 0 Å². The molecule has 0 bridgehead atoms. The van der Waals surface area contributed by atoms with Crippen molar-refractivity contribution >= 4 is 6.03 Å². The molecule has 1 atom stereocenters. The molecule has 25 heavy (non-hydrogen) atoms. The average molecular weight is 349 g/mol. The Morgan fingerprint density at radius 1 is 1.36 bits per heavy atom. The minimum absolute atomic E-state index is 0.134. The number of benzene rings is 1. The molecular weight excluding hydrogens is 332 g/mol. The summed E-state index contributed by atoms with van der Waals surface area (Å²) >= 11 is 0. The van der Waals surface area contributed by atoms with Crippen molar-refractivity contribution in [1.82, 2.24) is 15.6 Å². The summed E-state index contributed by atoms with van der Waals surface area (Å²) in [6.45, 7) is -2.38. The van der Waals surface area contributed by atoms with Crippen LogP contribution in [-0.2, 0) is 13.0 Å². The molecule has 1 aliphatic rings. The first-order chi connectivity index (χ1) is 12.1. The molecule has 8 heteroatoms. The van der Waals surface area contributed by atoms with Gasteiger partial charge in [-0.15, -0.1) is 0 Å². The quantitative estimate of drug-likeness (QED) is 0.870. The second-order valence-electron chi connectivity index (χ2n) is 5.53. The van der Waals surface area contributed by atoms with Gasteiger partial charge in [-0.25, -0.2) is 9.78 Å². The number of hydrogen-bond donors (Lipinski definition) is 2. The number of carbonyl (C=O) groups is 1. The third-order valence-electron chi connectivity index (χ3n) is 3.68. The van der Waals surface area contributed by atoms with Crippen molar-refractivity contribution < 1.29 is 23.0 Å². The lowest BCUT2D eigenvalue weighted by Gasteiger charge is -2.26. The Kier molecular flexibility index (Phi) is 5.27. The Morgan fingerprint density at radius 3 is 3.04 bits per heavy atom. The van der Waals surface area contributed by atoms with E-state index >= 15 is 0 Å².